The SMILES string of the molecule is CCN(CCO)c1ccc(C(=N)N)c(Cl)c1. The Morgan fingerprint density at radius 1 is 1.56 bits per heavy atom. The lowest BCUT2D eigenvalue weighted by molar-refractivity contribution is 0.302. The van der Waals surface area contributed by atoms with Gasteiger partial charge in [0.1, 0.15) is 5.84 Å². The van der Waals surface area contributed by atoms with Crippen molar-refractivity contribution >= 4 is 23.1 Å². The molecule has 0 amide bonds. The van der Waals surface area contributed by atoms with Crippen LogP contribution in [-0.4, -0.2) is 30.6 Å². The normalized spacial score (nSPS) is 10.2. The Morgan fingerprint density at radius 2 is 2.25 bits per heavy atom. The van der Waals surface area contributed by atoms with E-state index in [1.807, 2.05) is 17.9 Å². The predicted molar refractivity (Wildman–Crippen MR) is 67.4 cm³/mol. The number of benzene rings is 1. The minimum Gasteiger partial charge on any atom is -0.395 e. The Morgan fingerprint density at radius 3 is 2.69 bits per heavy atom. The van der Waals surface area contributed by atoms with Gasteiger partial charge < -0.3 is 15.7 Å². The Kier molecular flexibility index (Phi) is 4.58. The second kappa shape index (κ2) is 5.72. The van der Waals surface area contributed by atoms with Gasteiger partial charge in [-0.25, -0.2) is 0 Å². The highest BCUT2D eigenvalue weighted by Gasteiger charge is 2.08. The lowest BCUT2D eigenvalue weighted by Gasteiger charge is -2.22. The van der Waals surface area contributed by atoms with Crippen molar-refractivity contribution in [3.8, 4) is 0 Å². The first-order chi connectivity index (χ1) is 7.60. The number of halogens is 1. The van der Waals surface area contributed by atoms with Crippen molar-refractivity contribution in [1.82, 2.24) is 0 Å². The molecule has 0 unspecified atom stereocenters. The summed E-state index contributed by atoms with van der Waals surface area (Å²) in [6, 6.07) is 5.33. The summed E-state index contributed by atoms with van der Waals surface area (Å²) in [5.41, 5.74) is 6.83. The molecule has 0 radical (unpaired) electrons. The Balaban J connectivity index is 2.99. The molecule has 0 bridgehead atoms. The van der Waals surface area contributed by atoms with Crippen LogP contribution in [0.1, 0.15) is 12.5 Å². The fourth-order valence-electron chi connectivity index (χ4n) is 1.51. The van der Waals surface area contributed by atoms with Crippen molar-refractivity contribution in [2.45, 2.75) is 6.92 Å². The quantitative estimate of drug-likeness (QED) is 0.540. The molecule has 0 fully saturated rings. The van der Waals surface area contributed by atoms with E-state index in [0.29, 0.717) is 17.1 Å². The van der Waals surface area contributed by atoms with E-state index in [1.54, 1.807) is 12.1 Å². The summed E-state index contributed by atoms with van der Waals surface area (Å²) in [7, 11) is 0. The molecule has 4 nitrogen and oxygen atoms in total. The van der Waals surface area contributed by atoms with Crippen LogP contribution in [0.3, 0.4) is 0 Å². The number of amidine groups is 1. The van der Waals surface area contributed by atoms with E-state index < -0.39 is 0 Å². The molecule has 0 saturated heterocycles. The maximum atomic E-state index is 8.91. The maximum Gasteiger partial charge on any atom is 0.124 e. The maximum absolute atomic E-state index is 8.91. The lowest BCUT2D eigenvalue weighted by Crippen LogP contribution is -2.26. The van der Waals surface area contributed by atoms with Gasteiger partial charge in [-0.15, -0.1) is 0 Å². The van der Waals surface area contributed by atoms with E-state index in [9.17, 15) is 0 Å². The third kappa shape index (κ3) is 2.87. The highest BCUT2D eigenvalue weighted by molar-refractivity contribution is 6.34. The van der Waals surface area contributed by atoms with Crippen LogP contribution in [0, 0.1) is 5.41 Å². The Bertz CT molecular complexity index is 381. The van der Waals surface area contributed by atoms with E-state index in [-0.39, 0.29) is 12.4 Å². The fraction of sp³-hybridized carbons (Fsp3) is 0.364. The topological polar surface area (TPSA) is 73.3 Å². The predicted octanol–water partition coefficient (Wildman–Crippen LogP) is 1.44. The molecule has 16 heavy (non-hydrogen) atoms. The number of hydrogen-bond acceptors (Lipinski definition) is 3. The standard InChI is InChI=1S/C11H16ClN3O/c1-2-15(5-6-16)8-3-4-9(11(13)14)10(12)7-8/h3-4,7,16H,2,5-6H2,1H3,(H3,13,14). The smallest absolute Gasteiger partial charge is 0.124 e. The number of anilines is 1. The number of nitrogens with two attached hydrogens (primary N) is 1. The number of nitrogens with zero attached hydrogens (tertiary/aromatic N) is 1. The van der Waals surface area contributed by atoms with Gasteiger partial charge in [-0.1, -0.05) is 11.6 Å². The molecule has 0 aromatic heterocycles. The first-order valence-corrected chi connectivity index (χ1v) is 5.47. The second-order valence-corrected chi connectivity index (χ2v) is 3.79. The van der Waals surface area contributed by atoms with Gasteiger partial charge >= 0.3 is 0 Å². The number of likely N-dealkylation sites (N-methyl/N-ethyl adjacent to an activating group) is 1. The third-order valence-electron chi connectivity index (χ3n) is 2.36. The molecule has 0 aliphatic rings. The minimum atomic E-state index is -0.0400. The molecule has 0 aliphatic carbocycles. The molecule has 5 heteroatoms. The molecule has 0 spiro atoms. The third-order valence-corrected chi connectivity index (χ3v) is 2.67. The number of aliphatic hydroxyl groups is 1. The highest BCUT2D eigenvalue weighted by atomic mass is 35.5. The summed E-state index contributed by atoms with van der Waals surface area (Å²) < 4.78 is 0. The van der Waals surface area contributed by atoms with Gasteiger partial charge in [-0.3, -0.25) is 5.41 Å². The molecule has 1 aromatic carbocycles. The van der Waals surface area contributed by atoms with Crippen molar-refractivity contribution in [3.63, 3.8) is 0 Å². The van der Waals surface area contributed by atoms with E-state index in [1.165, 1.54) is 0 Å². The van der Waals surface area contributed by atoms with E-state index in [2.05, 4.69) is 0 Å². The number of nitrogens with one attached hydrogen (secondary N) is 1. The molecular weight excluding hydrogens is 226 g/mol. The van der Waals surface area contributed by atoms with Crippen LogP contribution < -0.4 is 10.6 Å². The molecule has 1 rings (SSSR count). The monoisotopic (exact) mass is 241 g/mol. The van der Waals surface area contributed by atoms with Gasteiger partial charge in [0.05, 0.1) is 11.6 Å². The fourth-order valence-corrected chi connectivity index (χ4v) is 1.79. The summed E-state index contributed by atoms with van der Waals surface area (Å²) in [5, 5.41) is 16.7. The van der Waals surface area contributed by atoms with Crippen LogP contribution in [0.2, 0.25) is 5.02 Å². The molecule has 0 atom stereocenters. The van der Waals surface area contributed by atoms with E-state index >= 15 is 0 Å². The van der Waals surface area contributed by atoms with E-state index in [4.69, 9.17) is 27.9 Å². The summed E-state index contributed by atoms with van der Waals surface area (Å²) in [6.07, 6.45) is 0. The van der Waals surface area contributed by atoms with Crippen LogP contribution in [-0.2, 0) is 0 Å². The molecule has 4 N–H and O–H groups in total. The average Bonchev–Trinajstić information content (AvgIpc) is 2.25. The van der Waals surface area contributed by atoms with Crippen molar-refractivity contribution in [1.29, 1.82) is 5.41 Å². The first-order valence-electron chi connectivity index (χ1n) is 5.10. The zero-order valence-corrected chi connectivity index (χ0v) is 9.96. The van der Waals surface area contributed by atoms with Crippen LogP contribution in [0.15, 0.2) is 18.2 Å². The van der Waals surface area contributed by atoms with Crippen molar-refractivity contribution in [2.75, 3.05) is 24.6 Å². The lowest BCUT2D eigenvalue weighted by atomic mass is 10.1. The summed E-state index contributed by atoms with van der Waals surface area (Å²) in [6.45, 7) is 3.45. The van der Waals surface area contributed by atoms with Crippen molar-refractivity contribution in [2.24, 2.45) is 5.73 Å². The van der Waals surface area contributed by atoms with E-state index in [0.717, 1.165) is 12.2 Å². The minimum absolute atomic E-state index is 0.0400. The zero-order chi connectivity index (χ0) is 12.1. The second-order valence-electron chi connectivity index (χ2n) is 3.38. The molecule has 1 aromatic rings. The van der Waals surface area contributed by atoms with Crippen LogP contribution in [0.4, 0.5) is 5.69 Å². The number of hydrogen-bond donors (Lipinski definition) is 3. The van der Waals surface area contributed by atoms with Gasteiger partial charge in [0.25, 0.3) is 0 Å². The molecular formula is C11H16ClN3O. The largest absolute Gasteiger partial charge is 0.395 e. The first kappa shape index (κ1) is 12.8. The summed E-state index contributed by atoms with van der Waals surface area (Å²) in [4.78, 5) is 2.00. The van der Waals surface area contributed by atoms with Crippen LogP contribution in [0.5, 0.6) is 0 Å². The average molecular weight is 242 g/mol. The van der Waals surface area contributed by atoms with Gasteiger partial charge in [0, 0.05) is 24.3 Å². The van der Waals surface area contributed by atoms with Crippen LogP contribution >= 0.6 is 11.6 Å². The van der Waals surface area contributed by atoms with Crippen LogP contribution in [0.25, 0.3) is 0 Å². The molecule has 0 aliphatic heterocycles. The van der Waals surface area contributed by atoms with Crippen molar-refractivity contribution < 1.29 is 5.11 Å². The Labute approximate surface area is 100 Å². The van der Waals surface area contributed by atoms with Gasteiger partial charge in [-0.05, 0) is 25.1 Å². The molecule has 0 heterocycles. The number of nitrogen functional groups attached to an aromatic ring is 1. The number of rotatable bonds is 5. The summed E-state index contributed by atoms with van der Waals surface area (Å²) in [5.74, 6) is -0.0400. The molecule has 88 valence electrons. The van der Waals surface area contributed by atoms with Crippen molar-refractivity contribution in [3.05, 3.63) is 28.8 Å². The zero-order valence-electron chi connectivity index (χ0n) is 9.20. The molecule has 0 saturated carbocycles. The van der Waals surface area contributed by atoms with Gasteiger partial charge in [0.2, 0.25) is 0 Å². The van der Waals surface area contributed by atoms with Gasteiger partial charge in [0.15, 0.2) is 0 Å². The highest BCUT2D eigenvalue weighted by Crippen LogP contribution is 2.23. The van der Waals surface area contributed by atoms with Gasteiger partial charge in [-0.2, -0.15) is 0 Å². The summed E-state index contributed by atoms with van der Waals surface area (Å²) >= 11 is 6.02. The number of aliphatic hydroxyl groups excluding tert-OH is 1. The Hall–Kier alpha value is -1.26.